The molecule has 0 radical (unpaired) electrons. The number of carbonyl (C=O) groups excluding carboxylic acids is 1. The summed E-state index contributed by atoms with van der Waals surface area (Å²) in [6.45, 7) is 0.420. The van der Waals surface area contributed by atoms with Crippen molar-refractivity contribution in [1.82, 2.24) is 18.3 Å². The quantitative estimate of drug-likeness (QED) is 0.693. The first-order valence-electron chi connectivity index (χ1n) is 7.37. The molecule has 1 atom stereocenters. The normalized spacial score (nSPS) is 16.9. The summed E-state index contributed by atoms with van der Waals surface area (Å²) < 4.78 is 34.3. The van der Waals surface area contributed by atoms with Crippen LogP contribution < -0.4 is 9.64 Å². The van der Waals surface area contributed by atoms with E-state index in [1.807, 2.05) is 0 Å². The van der Waals surface area contributed by atoms with E-state index in [1.54, 1.807) is 29.1 Å². The highest BCUT2D eigenvalue weighted by atomic mass is 32.1. The molecule has 1 amide bonds. The van der Waals surface area contributed by atoms with Gasteiger partial charge in [0.15, 0.2) is 6.10 Å². The highest BCUT2D eigenvalue weighted by molar-refractivity contribution is 6.99. The molecule has 4 rings (SSSR count). The molecule has 10 heteroatoms. The zero-order valence-electron chi connectivity index (χ0n) is 12.8. The summed E-state index contributed by atoms with van der Waals surface area (Å²) >= 11 is 1.03. The van der Waals surface area contributed by atoms with Gasteiger partial charge >= 0.3 is 6.09 Å². The van der Waals surface area contributed by atoms with E-state index in [9.17, 15) is 9.18 Å². The van der Waals surface area contributed by atoms with Crippen molar-refractivity contribution in [3.05, 3.63) is 48.9 Å². The van der Waals surface area contributed by atoms with Crippen molar-refractivity contribution < 1.29 is 18.7 Å². The van der Waals surface area contributed by atoms with Crippen LogP contribution in [0.15, 0.2) is 43.1 Å². The fourth-order valence-corrected chi connectivity index (χ4v) is 2.86. The molecular formula is C15H12FN5O3S. The second kappa shape index (κ2) is 6.48. The van der Waals surface area contributed by atoms with Crippen LogP contribution in [-0.4, -0.2) is 43.6 Å². The molecule has 0 N–H and O–H groups in total. The molecule has 1 aliphatic rings. The molecule has 1 fully saturated rings. The topological polar surface area (TPSA) is 82.4 Å². The molecule has 0 aliphatic carbocycles. The van der Waals surface area contributed by atoms with Gasteiger partial charge in [0.25, 0.3) is 0 Å². The van der Waals surface area contributed by atoms with E-state index in [4.69, 9.17) is 9.47 Å². The maximum atomic E-state index is 14.4. The molecule has 0 bridgehead atoms. The largest absolute Gasteiger partial charge is 0.472 e. The van der Waals surface area contributed by atoms with E-state index < -0.39 is 18.0 Å². The van der Waals surface area contributed by atoms with Crippen LogP contribution in [0.1, 0.15) is 0 Å². The van der Waals surface area contributed by atoms with Gasteiger partial charge in [0.1, 0.15) is 18.6 Å². The standard InChI is InChI=1S/C15H12FN5O3S/c16-12-5-10(1-2-13(12)20-4-3-17-9-20)21-7-11(24-15(21)22)8-23-14-6-18-25-19-14/h1-6,9,11H,7-8H2/t11-/m1/s1. The van der Waals surface area contributed by atoms with E-state index >= 15 is 0 Å². The van der Waals surface area contributed by atoms with E-state index in [-0.39, 0.29) is 13.2 Å². The SMILES string of the molecule is O=C1O[C@@H](COc2cnsn2)CN1c1ccc(-n2ccnc2)c(F)c1. The minimum atomic E-state index is -0.542. The minimum absolute atomic E-state index is 0.156. The lowest BCUT2D eigenvalue weighted by atomic mass is 10.2. The fraction of sp³-hybridized carbons (Fsp3) is 0.200. The third-order valence-electron chi connectivity index (χ3n) is 3.66. The lowest BCUT2D eigenvalue weighted by Gasteiger charge is -2.14. The van der Waals surface area contributed by atoms with Gasteiger partial charge in [-0.2, -0.15) is 4.37 Å². The monoisotopic (exact) mass is 361 g/mol. The highest BCUT2D eigenvalue weighted by Crippen LogP contribution is 2.25. The summed E-state index contributed by atoms with van der Waals surface area (Å²) in [4.78, 5) is 17.3. The number of nitrogens with zero attached hydrogens (tertiary/aromatic N) is 5. The number of ether oxygens (including phenoxy) is 2. The number of carbonyl (C=O) groups is 1. The molecule has 0 unspecified atom stereocenters. The summed E-state index contributed by atoms with van der Waals surface area (Å²) in [5.74, 6) is -0.0771. The summed E-state index contributed by atoms with van der Waals surface area (Å²) in [5.41, 5.74) is 0.772. The molecule has 1 saturated heterocycles. The van der Waals surface area contributed by atoms with Gasteiger partial charge in [0.05, 0.1) is 36.0 Å². The zero-order chi connectivity index (χ0) is 17.2. The molecule has 3 aromatic rings. The third kappa shape index (κ3) is 3.15. The van der Waals surface area contributed by atoms with E-state index in [0.29, 0.717) is 17.3 Å². The number of cyclic esters (lactones) is 1. The molecule has 0 saturated carbocycles. The second-order valence-electron chi connectivity index (χ2n) is 5.28. The van der Waals surface area contributed by atoms with Crippen molar-refractivity contribution in [3.63, 3.8) is 0 Å². The number of halogens is 1. The van der Waals surface area contributed by atoms with Crippen molar-refractivity contribution in [1.29, 1.82) is 0 Å². The Balaban J connectivity index is 1.46. The van der Waals surface area contributed by atoms with E-state index in [0.717, 1.165) is 11.7 Å². The van der Waals surface area contributed by atoms with Gasteiger partial charge in [0, 0.05) is 12.4 Å². The van der Waals surface area contributed by atoms with E-state index in [1.165, 1.54) is 23.5 Å². The number of aromatic nitrogens is 4. The van der Waals surface area contributed by atoms with Crippen molar-refractivity contribution >= 4 is 23.5 Å². The number of benzene rings is 1. The molecule has 3 heterocycles. The molecule has 1 aliphatic heterocycles. The van der Waals surface area contributed by atoms with Crippen molar-refractivity contribution in [2.75, 3.05) is 18.1 Å². The first-order chi connectivity index (χ1) is 12.2. The summed E-state index contributed by atoms with van der Waals surface area (Å²) in [6.07, 6.45) is 5.19. The average molecular weight is 361 g/mol. The molecule has 25 heavy (non-hydrogen) atoms. The van der Waals surface area contributed by atoms with Crippen molar-refractivity contribution in [3.8, 4) is 11.6 Å². The van der Waals surface area contributed by atoms with Crippen molar-refractivity contribution in [2.24, 2.45) is 0 Å². The molecule has 2 aromatic heterocycles. The zero-order valence-corrected chi connectivity index (χ0v) is 13.6. The number of amides is 1. The lowest BCUT2D eigenvalue weighted by Crippen LogP contribution is -2.26. The molecule has 1 aromatic carbocycles. The Morgan fingerprint density at radius 1 is 1.44 bits per heavy atom. The Hall–Kier alpha value is -3.01. The minimum Gasteiger partial charge on any atom is -0.472 e. The molecule has 0 spiro atoms. The summed E-state index contributed by atoms with van der Waals surface area (Å²) in [5, 5.41) is 0. The number of imidazole rings is 1. The van der Waals surface area contributed by atoms with Gasteiger partial charge in [-0.05, 0) is 18.2 Å². The molecule has 128 valence electrons. The van der Waals surface area contributed by atoms with Gasteiger partial charge in [-0.15, -0.1) is 4.37 Å². The van der Waals surface area contributed by atoms with Crippen LogP contribution in [0.25, 0.3) is 5.69 Å². The number of rotatable bonds is 5. The Labute approximate surface area is 145 Å². The number of hydrogen-bond donors (Lipinski definition) is 0. The van der Waals surface area contributed by atoms with Gasteiger partial charge in [-0.25, -0.2) is 14.2 Å². The van der Waals surface area contributed by atoms with Gasteiger partial charge in [-0.1, -0.05) is 0 Å². The predicted molar refractivity (Wildman–Crippen MR) is 86.5 cm³/mol. The van der Waals surface area contributed by atoms with Crippen LogP contribution >= 0.6 is 11.7 Å². The van der Waals surface area contributed by atoms with Crippen LogP contribution in [0, 0.1) is 5.82 Å². The number of hydrogen-bond acceptors (Lipinski definition) is 7. The third-order valence-corrected chi connectivity index (χ3v) is 4.12. The molecule has 8 nitrogen and oxygen atoms in total. The number of anilines is 1. The maximum Gasteiger partial charge on any atom is 0.414 e. The Bertz CT molecular complexity index is 871. The fourth-order valence-electron chi connectivity index (χ4n) is 2.49. The summed E-state index contributed by atoms with van der Waals surface area (Å²) in [7, 11) is 0. The smallest absolute Gasteiger partial charge is 0.414 e. The predicted octanol–water partition coefficient (Wildman–Crippen LogP) is 2.27. The van der Waals surface area contributed by atoms with Crippen LogP contribution in [0.5, 0.6) is 5.88 Å². The van der Waals surface area contributed by atoms with Crippen LogP contribution in [0.2, 0.25) is 0 Å². The van der Waals surface area contributed by atoms with Gasteiger partial charge in [-0.3, -0.25) is 4.90 Å². The second-order valence-corrected chi connectivity index (χ2v) is 5.84. The molecular weight excluding hydrogens is 349 g/mol. The van der Waals surface area contributed by atoms with E-state index in [2.05, 4.69) is 13.7 Å². The maximum absolute atomic E-state index is 14.4. The van der Waals surface area contributed by atoms with Crippen molar-refractivity contribution in [2.45, 2.75) is 6.10 Å². The first-order valence-corrected chi connectivity index (χ1v) is 8.10. The summed E-state index contributed by atoms with van der Waals surface area (Å²) in [6, 6.07) is 4.54. The highest BCUT2D eigenvalue weighted by Gasteiger charge is 2.33. The van der Waals surface area contributed by atoms with Crippen LogP contribution in [-0.2, 0) is 4.74 Å². The Morgan fingerprint density at radius 3 is 3.08 bits per heavy atom. The van der Waals surface area contributed by atoms with Crippen LogP contribution in [0.4, 0.5) is 14.9 Å². The lowest BCUT2D eigenvalue weighted by molar-refractivity contribution is 0.103. The average Bonchev–Trinajstić information content (AvgIpc) is 3.35. The Kier molecular flexibility index (Phi) is 4.02. The van der Waals surface area contributed by atoms with Gasteiger partial charge in [0.2, 0.25) is 5.88 Å². The van der Waals surface area contributed by atoms with Crippen LogP contribution in [0.3, 0.4) is 0 Å². The first kappa shape index (κ1) is 15.5. The van der Waals surface area contributed by atoms with Gasteiger partial charge < -0.3 is 14.0 Å². The Morgan fingerprint density at radius 2 is 2.36 bits per heavy atom.